The topological polar surface area (TPSA) is 90.5 Å². The zero-order chi connectivity index (χ0) is 18.4. The second-order valence-electron chi connectivity index (χ2n) is 5.84. The van der Waals surface area contributed by atoms with E-state index >= 15 is 0 Å². The summed E-state index contributed by atoms with van der Waals surface area (Å²) in [4.78, 5) is 16.5. The number of H-pyrrole nitrogens is 1. The third-order valence-electron chi connectivity index (χ3n) is 3.66. The first-order valence-electron chi connectivity index (χ1n) is 8.47. The van der Waals surface area contributed by atoms with Gasteiger partial charge in [-0.05, 0) is 38.1 Å². The van der Waals surface area contributed by atoms with Crippen LogP contribution in [-0.4, -0.2) is 39.6 Å². The fourth-order valence-electron chi connectivity index (χ4n) is 2.47. The second kappa shape index (κ2) is 8.64. The molecule has 0 unspecified atom stereocenters. The number of halogens is 1. The Morgan fingerprint density at radius 1 is 1.15 bits per heavy atom. The average Bonchev–Trinajstić information content (AvgIpc) is 2.98. The third kappa shape index (κ3) is 4.93. The lowest BCUT2D eigenvalue weighted by Crippen LogP contribution is -2.23. The van der Waals surface area contributed by atoms with E-state index in [4.69, 9.17) is 11.6 Å². The Labute approximate surface area is 157 Å². The minimum absolute atomic E-state index is 0.484. The first kappa shape index (κ1) is 18.2. The maximum Gasteiger partial charge on any atom is 0.231 e. The van der Waals surface area contributed by atoms with Crippen LogP contribution in [0.5, 0.6) is 0 Å². The molecule has 4 N–H and O–H groups in total. The summed E-state index contributed by atoms with van der Waals surface area (Å²) >= 11 is 6.01. The Hall–Kier alpha value is -2.64. The van der Waals surface area contributed by atoms with Crippen LogP contribution in [0.1, 0.15) is 12.1 Å². The van der Waals surface area contributed by atoms with E-state index < -0.39 is 0 Å². The van der Waals surface area contributed by atoms with Crippen molar-refractivity contribution in [1.82, 2.24) is 25.3 Å². The van der Waals surface area contributed by atoms with Gasteiger partial charge in [-0.2, -0.15) is 4.98 Å². The molecule has 0 aliphatic heterocycles. The fraction of sp³-hybridized carbons (Fsp3) is 0.278. The molecule has 0 aliphatic carbocycles. The maximum absolute atomic E-state index is 6.01. The van der Waals surface area contributed by atoms with Crippen LogP contribution in [0.3, 0.4) is 0 Å². The number of aryl methyl sites for hydroxylation is 1. The van der Waals surface area contributed by atoms with Gasteiger partial charge in [0.15, 0.2) is 0 Å². The number of benzene rings is 1. The van der Waals surface area contributed by atoms with Gasteiger partial charge in [0.1, 0.15) is 5.82 Å². The monoisotopic (exact) mass is 371 g/mol. The first-order chi connectivity index (χ1) is 12.6. The number of nitrogens with zero attached hydrogens (tertiary/aromatic N) is 3. The predicted octanol–water partition coefficient (Wildman–Crippen LogP) is 3.64. The van der Waals surface area contributed by atoms with Gasteiger partial charge in [-0.15, -0.1) is 6.58 Å². The summed E-state index contributed by atoms with van der Waals surface area (Å²) in [6.45, 7) is 8.19. The molecule has 0 spiro atoms. The van der Waals surface area contributed by atoms with Crippen LogP contribution in [0, 0.1) is 6.92 Å². The van der Waals surface area contributed by atoms with E-state index in [1.807, 2.05) is 37.3 Å². The fourth-order valence-corrected chi connectivity index (χ4v) is 2.64. The molecule has 136 valence electrons. The van der Waals surface area contributed by atoms with Crippen molar-refractivity contribution in [3.63, 3.8) is 0 Å². The lowest BCUT2D eigenvalue weighted by molar-refractivity contribution is 0.707. The Kier molecular flexibility index (Phi) is 6.04. The minimum Gasteiger partial charge on any atom is -0.369 e. The zero-order valence-electron chi connectivity index (χ0n) is 14.6. The van der Waals surface area contributed by atoms with E-state index in [1.54, 1.807) is 0 Å². The van der Waals surface area contributed by atoms with Crippen molar-refractivity contribution in [3.8, 4) is 0 Å². The van der Waals surface area contributed by atoms with Crippen LogP contribution in [0.4, 0.5) is 17.7 Å². The van der Waals surface area contributed by atoms with Gasteiger partial charge in [0, 0.05) is 29.9 Å². The molecule has 0 amide bonds. The molecule has 0 bridgehead atoms. The van der Waals surface area contributed by atoms with Gasteiger partial charge in [-0.3, -0.25) is 5.32 Å². The Morgan fingerprint density at radius 2 is 2.04 bits per heavy atom. The van der Waals surface area contributed by atoms with Crippen molar-refractivity contribution in [3.05, 3.63) is 47.6 Å². The molecule has 2 heterocycles. The number of hydrogen-bond acceptors (Lipinski definition) is 6. The summed E-state index contributed by atoms with van der Waals surface area (Å²) in [7, 11) is 0. The number of imidazole rings is 1. The summed E-state index contributed by atoms with van der Waals surface area (Å²) < 4.78 is 0. The highest BCUT2D eigenvalue weighted by Crippen LogP contribution is 2.20. The van der Waals surface area contributed by atoms with Crippen LogP contribution < -0.4 is 16.0 Å². The Morgan fingerprint density at radius 3 is 2.88 bits per heavy atom. The van der Waals surface area contributed by atoms with E-state index in [1.165, 1.54) is 0 Å². The van der Waals surface area contributed by atoms with Crippen molar-refractivity contribution < 1.29 is 0 Å². The molecule has 7 nitrogen and oxygen atoms in total. The van der Waals surface area contributed by atoms with Crippen molar-refractivity contribution in [1.29, 1.82) is 0 Å². The largest absolute Gasteiger partial charge is 0.369 e. The van der Waals surface area contributed by atoms with Crippen molar-refractivity contribution in [2.24, 2.45) is 0 Å². The summed E-state index contributed by atoms with van der Waals surface area (Å²) in [6, 6.07) is 7.41. The summed E-state index contributed by atoms with van der Waals surface area (Å²) in [6.07, 6.45) is 2.86. The van der Waals surface area contributed by atoms with E-state index in [0.717, 1.165) is 48.6 Å². The molecule has 0 fully saturated rings. The summed E-state index contributed by atoms with van der Waals surface area (Å²) in [5, 5.41) is 10.4. The van der Waals surface area contributed by atoms with Crippen LogP contribution in [0.15, 0.2) is 36.9 Å². The highest BCUT2D eigenvalue weighted by molar-refractivity contribution is 6.31. The number of rotatable bonds is 9. The van der Waals surface area contributed by atoms with Gasteiger partial charge in [0.05, 0.1) is 11.0 Å². The number of aromatic amines is 1. The molecule has 3 aromatic rings. The van der Waals surface area contributed by atoms with Gasteiger partial charge < -0.3 is 15.6 Å². The molecule has 8 heteroatoms. The number of aromatic nitrogens is 4. The third-order valence-corrected chi connectivity index (χ3v) is 3.90. The van der Waals surface area contributed by atoms with Crippen molar-refractivity contribution in [2.75, 3.05) is 30.3 Å². The minimum atomic E-state index is 0.484. The highest BCUT2D eigenvalue weighted by Gasteiger charge is 2.07. The van der Waals surface area contributed by atoms with E-state index in [9.17, 15) is 0 Å². The second-order valence-corrected chi connectivity index (χ2v) is 6.28. The molecule has 3 rings (SSSR count). The van der Waals surface area contributed by atoms with Crippen molar-refractivity contribution in [2.45, 2.75) is 13.3 Å². The molecular formula is C18H22ClN7. The Balaban J connectivity index is 1.63. The van der Waals surface area contributed by atoms with E-state index in [-0.39, 0.29) is 0 Å². The van der Waals surface area contributed by atoms with E-state index in [0.29, 0.717) is 16.9 Å². The lowest BCUT2D eigenvalue weighted by Gasteiger charge is -2.09. The lowest BCUT2D eigenvalue weighted by atomic mass is 10.3. The van der Waals surface area contributed by atoms with Gasteiger partial charge in [0.25, 0.3) is 0 Å². The van der Waals surface area contributed by atoms with Gasteiger partial charge in [-0.25, -0.2) is 9.97 Å². The number of anilines is 3. The quantitative estimate of drug-likeness (QED) is 0.339. The number of hydrogen-bond donors (Lipinski definition) is 4. The van der Waals surface area contributed by atoms with Crippen LogP contribution >= 0.6 is 11.6 Å². The number of fused-ring (bicyclic) bond motifs is 1. The van der Waals surface area contributed by atoms with Gasteiger partial charge in [-0.1, -0.05) is 17.7 Å². The maximum atomic E-state index is 6.01. The highest BCUT2D eigenvalue weighted by atomic mass is 35.5. The molecular weight excluding hydrogens is 350 g/mol. The molecule has 0 radical (unpaired) electrons. The molecule has 2 aromatic heterocycles. The SMILES string of the molecule is C=CCCNCCNc1cc(C)nc(Nc2nc3ccc(Cl)cc3[nH]2)n1. The van der Waals surface area contributed by atoms with E-state index in [2.05, 4.69) is 42.5 Å². The molecule has 1 aromatic carbocycles. The summed E-state index contributed by atoms with van der Waals surface area (Å²) in [5.41, 5.74) is 2.55. The molecule has 0 saturated heterocycles. The first-order valence-corrected chi connectivity index (χ1v) is 8.85. The van der Waals surface area contributed by atoms with Gasteiger partial charge in [0.2, 0.25) is 11.9 Å². The molecule has 26 heavy (non-hydrogen) atoms. The van der Waals surface area contributed by atoms with Crippen LogP contribution in [0.25, 0.3) is 11.0 Å². The standard InChI is InChI=1S/C18H22ClN7/c1-3-4-7-20-8-9-21-16-10-12(2)22-17(25-16)26-18-23-14-6-5-13(19)11-15(14)24-18/h3,5-6,10-11,20H,1,4,7-9H2,2H3,(H3,21,22,23,24,25,26). The summed E-state index contributed by atoms with van der Waals surface area (Å²) in [5.74, 6) is 1.83. The van der Waals surface area contributed by atoms with Crippen LogP contribution in [-0.2, 0) is 0 Å². The number of nitrogens with one attached hydrogen (secondary N) is 4. The molecule has 0 aliphatic rings. The molecule has 0 atom stereocenters. The predicted molar refractivity (Wildman–Crippen MR) is 107 cm³/mol. The van der Waals surface area contributed by atoms with Crippen LogP contribution in [0.2, 0.25) is 5.02 Å². The molecule has 0 saturated carbocycles. The smallest absolute Gasteiger partial charge is 0.231 e. The Bertz CT molecular complexity index is 890. The van der Waals surface area contributed by atoms with Gasteiger partial charge >= 0.3 is 0 Å². The van der Waals surface area contributed by atoms with Crippen molar-refractivity contribution >= 4 is 40.3 Å². The average molecular weight is 372 g/mol. The zero-order valence-corrected chi connectivity index (χ0v) is 15.4. The normalized spacial score (nSPS) is 10.8.